The summed E-state index contributed by atoms with van der Waals surface area (Å²) in [5.41, 5.74) is 6.76. The average molecular weight is 1200 g/mol. The lowest BCUT2D eigenvalue weighted by Crippen LogP contribution is -2.30. The van der Waals surface area contributed by atoms with Gasteiger partial charge < -0.3 is 16.0 Å². The highest BCUT2D eigenvalue weighted by atomic mass is 127. The van der Waals surface area contributed by atoms with Crippen LogP contribution in [0.2, 0.25) is 0 Å². The summed E-state index contributed by atoms with van der Waals surface area (Å²) in [5.74, 6) is 1.32. The van der Waals surface area contributed by atoms with Crippen molar-refractivity contribution in [2.24, 2.45) is 0 Å². The van der Waals surface area contributed by atoms with E-state index in [2.05, 4.69) is 182 Å². The molecule has 0 spiro atoms. The van der Waals surface area contributed by atoms with E-state index in [9.17, 15) is 14.4 Å². The number of pyridine rings is 1. The molecular weight excluding hydrogens is 1140 g/mol. The fraction of sp³-hybridized carbons (Fsp3) is 0.409. The number of rotatable bonds is 10. The van der Waals surface area contributed by atoms with Crippen molar-refractivity contribution in [2.75, 3.05) is 0 Å². The minimum Gasteiger partial charge on any atom is -0.354 e. The quantitative estimate of drug-likeness (QED) is 0.138. The Kier molecular flexibility index (Phi) is 25.1. The minimum atomic E-state index is -0.0685. The molecule has 7 nitrogen and oxygen atoms in total. The van der Waals surface area contributed by atoms with E-state index in [1.807, 2.05) is 71.9 Å². The molecule has 0 atom stereocenters. The molecule has 3 N–H and O–H groups in total. The van der Waals surface area contributed by atoms with Crippen LogP contribution >= 0.6 is 90.4 Å². The third-order valence-corrected chi connectivity index (χ3v) is 10.5. The van der Waals surface area contributed by atoms with Crippen LogP contribution in [0.15, 0.2) is 79.1 Å². The summed E-state index contributed by atoms with van der Waals surface area (Å²) in [4.78, 5) is 38.4. The van der Waals surface area contributed by atoms with Crippen LogP contribution in [-0.4, -0.2) is 40.8 Å². The van der Waals surface area contributed by atoms with Crippen LogP contribution in [0, 0.1) is 21.2 Å². The summed E-state index contributed by atoms with van der Waals surface area (Å²) < 4.78 is 4.66. The number of benzene rings is 3. The van der Waals surface area contributed by atoms with Crippen molar-refractivity contribution in [3.05, 3.63) is 127 Å². The Bertz CT molecular complexity index is 1720. The summed E-state index contributed by atoms with van der Waals surface area (Å²) in [6.07, 6.45) is 4.67. The molecule has 0 fully saturated rings. The number of carbonyl (C=O) groups is 3. The molecule has 1 aromatic heterocycles. The predicted octanol–water partition coefficient (Wildman–Crippen LogP) is 11.8. The van der Waals surface area contributed by atoms with Crippen LogP contribution in [0.3, 0.4) is 0 Å². The fourth-order valence-corrected chi connectivity index (χ4v) is 6.94. The Morgan fingerprint density at radius 1 is 0.582 bits per heavy atom. The number of amides is 3. The van der Waals surface area contributed by atoms with E-state index in [-0.39, 0.29) is 35.8 Å². The van der Waals surface area contributed by atoms with Crippen LogP contribution in [-0.2, 0) is 11.2 Å². The number of halogens is 4. The van der Waals surface area contributed by atoms with Gasteiger partial charge in [0.15, 0.2) is 0 Å². The van der Waals surface area contributed by atoms with Crippen molar-refractivity contribution in [3.63, 3.8) is 0 Å². The molecule has 11 heteroatoms. The van der Waals surface area contributed by atoms with Crippen molar-refractivity contribution in [1.29, 1.82) is 0 Å². The normalized spacial score (nSPS) is 10.5. The van der Waals surface area contributed by atoms with Gasteiger partial charge in [0.25, 0.3) is 11.8 Å². The van der Waals surface area contributed by atoms with E-state index < -0.39 is 0 Å². The molecule has 0 unspecified atom stereocenters. The van der Waals surface area contributed by atoms with Crippen LogP contribution in [0.5, 0.6) is 0 Å². The van der Waals surface area contributed by atoms with Crippen LogP contribution in [0.25, 0.3) is 0 Å². The topological polar surface area (TPSA) is 100 Å². The van der Waals surface area contributed by atoms with Crippen molar-refractivity contribution in [3.8, 4) is 0 Å². The Labute approximate surface area is 385 Å². The number of hydrogen-bond acceptors (Lipinski definition) is 4. The lowest BCUT2D eigenvalue weighted by Gasteiger charge is -2.11. The van der Waals surface area contributed by atoms with Crippen molar-refractivity contribution < 1.29 is 14.4 Å². The Morgan fingerprint density at radius 3 is 1.58 bits per heavy atom. The van der Waals surface area contributed by atoms with Gasteiger partial charge in [-0.3, -0.25) is 19.4 Å². The third-order valence-electron chi connectivity index (χ3n) is 7.50. The molecule has 0 saturated heterocycles. The summed E-state index contributed by atoms with van der Waals surface area (Å²) in [7, 11) is 0. The summed E-state index contributed by atoms with van der Waals surface area (Å²) in [5, 5.41) is 8.55. The van der Waals surface area contributed by atoms with E-state index in [0.717, 1.165) is 19.1 Å². The molecule has 4 aromatic rings. The first-order valence-electron chi connectivity index (χ1n) is 18.5. The van der Waals surface area contributed by atoms with E-state index in [1.54, 1.807) is 12.4 Å². The fourth-order valence-electron chi connectivity index (χ4n) is 4.60. The van der Waals surface area contributed by atoms with Gasteiger partial charge in [0.1, 0.15) is 0 Å². The number of aryl methyl sites for hydroxylation is 2. The lowest BCUT2D eigenvalue weighted by atomic mass is 9.96. The molecule has 0 radical (unpaired) electrons. The van der Waals surface area contributed by atoms with Gasteiger partial charge in [-0.05, 0) is 222 Å². The highest BCUT2D eigenvalue weighted by Crippen LogP contribution is 2.24. The summed E-state index contributed by atoms with van der Waals surface area (Å²) in [6.45, 7) is 22.8. The first kappa shape index (κ1) is 51.2. The summed E-state index contributed by atoms with van der Waals surface area (Å²) in [6, 6.07) is 23.2. The monoisotopic (exact) mass is 1200 g/mol. The Morgan fingerprint density at radius 2 is 1.11 bits per heavy atom. The number of carbonyl (C=O) groups excluding carboxylic acids is 3. The maximum atomic E-state index is 11.5. The highest BCUT2D eigenvalue weighted by molar-refractivity contribution is 14.1. The van der Waals surface area contributed by atoms with E-state index in [1.165, 1.54) is 29.4 Å². The van der Waals surface area contributed by atoms with Gasteiger partial charge >= 0.3 is 0 Å². The number of nitrogens with one attached hydrogen (secondary N) is 3. The lowest BCUT2D eigenvalue weighted by molar-refractivity contribution is -0.121. The van der Waals surface area contributed by atoms with Crippen molar-refractivity contribution >= 4 is 108 Å². The van der Waals surface area contributed by atoms with E-state index >= 15 is 0 Å². The van der Waals surface area contributed by atoms with Gasteiger partial charge in [0, 0.05) is 56.8 Å². The second kappa shape index (κ2) is 26.9. The molecule has 0 bridgehead atoms. The third kappa shape index (κ3) is 22.6. The molecule has 0 aliphatic rings. The average Bonchev–Trinajstić information content (AvgIpc) is 3.08. The number of nitrogens with zero attached hydrogens (tertiary/aromatic N) is 1. The van der Waals surface area contributed by atoms with Crippen molar-refractivity contribution in [2.45, 2.75) is 119 Å². The first-order chi connectivity index (χ1) is 25.7. The van der Waals surface area contributed by atoms with Gasteiger partial charge in [0.05, 0.1) is 5.56 Å². The van der Waals surface area contributed by atoms with E-state index in [4.69, 9.17) is 0 Å². The molecule has 300 valence electrons. The smallest absolute Gasteiger partial charge is 0.253 e. The molecule has 55 heavy (non-hydrogen) atoms. The number of aromatic nitrogens is 1. The molecule has 4 rings (SSSR count). The van der Waals surface area contributed by atoms with Gasteiger partial charge in [-0.15, -0.1) is 0 Å². The Hall–Kier alpha value is -1.86. The second-order valence-corrected chi connectivity index (χ2v) is 19.5. The van der Waals surface area contributed by atoms with Crippen LogP contribution < -0.4 is 16.0 Å². The zero-order chi connectivity index (χ0) is 41.8. The molecule has 0 aliphatic heterocycles. The SMILES string of the molecule is CC(C)NC(=O)c1cccc(I)c1.CC(C)NC(=O)c1cncc(I)c1.CC(C)c1cc(I)cc(C(C)C)c1.Cc1ccc(CCC(=O)NC(C)C)cc1I. The molecule has 3 amide bonds. The standard InChI is InChI=1S/C13H18INO.C12H17I.C10H12INO.C9H11IN2O/c1-9(2)15-13(16)7-6-11-5-4-10(3)12(14)8-11;1-8(2)10-5-11(9(3)4)7-12(13)6-10;1-7(2)12-10(13)8-4-3-5-9(11)6-8;1-6(2)12-9(13)7-3-8(10)5-11-4-7/h4-5,8-9H,6-7H2,1-3H3,(H,15,16);5-9H,1-4H3;3-7H,1-2H3,(H,12,13);3-6H,1-2H3,(H,12,13). The molecule has 1 heterocycles. The zero-order valence-corrected chi connectivity index (χ0v) is 42.6. The minimum absolute atomic E-state index is 0.00600. The second-order valence-electron chi connectivity index (χ2n) is 14.6. The summed E-state index contributed by atoms with van der Waals surface area (Å²) >= 11 is 9.05. The molecule has 3 aromatic carbocycles. The molecule has 0 aliphatic carbocycles. The maximum Gasteiger partial charge on any atom is 0.253 e. The first-order valence-corrected chi connectivity index (χ1v) is 22.8. The van der Waals surface area contributed by atoms with E-state index in [0.29, 0.717) is 23.8 Å². The van der Waals surface area contributed by atoms with Crippen LogP contribution in [0.4, 0.5) is 0 Å². The van der Waals surface area contributed by atoms with Gasteiger partial charge in [-0.2, -0.15) is 0 Å². The highest BCUT2D eigenvalue weighted by Gasteiger charge is 2.09. The molecule has 0 saturated carbocycles. The van der Waals surface area contributed by atoms with Gasteiger partial charge in [0.2, 0.25) is 5.91 Å². The van der Waals surface area contributed by atoms with Gasteiger partial charge in [-0.25, -0.2) is 0 Å². The van der Waals surface area contributed by atoms with Crippen molar-refractivity contribution in [1.82, 2.24) is 20.9 Å². The van der Waals surface area contributed by atoms with Crippen LogP contribution in [0.1, 0.15) is 130 Å². The predicted molar refractivity (Wildman–Crippen MR) is 264 cm³/mol. The zero-order valence-electron chi connectivity index (χ0n) is 34.0. The largest absolute Gasteiger partial charge is 0.354 e. The molecular formula is C44H58I4N4O3. The number of hydrogen-bond donors (Lipinski definition) is 3. The Balaban J connectivity index is 0.000000368. The van der Waals surface area contributed by atoms with Gasteiger partial charge in [-0.1, -0.05) is 52.0 Å². The maximum absolute atomic E-state index is 11.5.